The highest BCUT2D eigenvalue weighted by atomic mass is 127. The van der Waals surface area contributed by atoms with E-state index in [4.69, 9.17) is 9.47 Å². The van der Waals surface area contributed by atoms with Crippen LogP contribution in [0.4, 0.5) is 0 Å². The molecule has 7 heteroatoms. The van der Waals surface area contributed by atoms with E-state index < -0.39 is 0 Å². The van der Waals surface area contributed by atoms with Crippen LogP contribution in [-0.2, 0) is 13.1 Å². The van der Waals surface area contributed by atoms with Crippen molar-refractivity contribution in [2.45, 2.75) is 20.0 Å². The predicted octanol–water partition coefficient (Wildman–Crippen LogP) is 2.89. The molecule has 0 fully saturated rings. The normalized spacial score (nSPS) is 10.6. The van der Waals surface area contributed by atoms with Gasteiger partial charge in [0.2, 0.25) is 5.88 Å². The lowest BCUT2D eigenvalue weighted by atomic mass is 10.1. The van der Waals surface area contributed by atoms with E-state index in [0.717, 1.165) is 17.0 Å². The van der Waals surface area contributed by atoms with E-state index in [1.807, 2.05) is 31.2 Å². The molecule has 2 N–H and O–H groups in total. The summed E-state index contributed by atoms with van der Waals surface area (Å²) in [4.78, 5) is 8.59. The molecule has 2 aromatic rings. The van der Waals surface area contributed by atoms with Gasteiger partial charge in [0.05, 0.1) is 26.5 Å². The first-order valence-electron chi connectivity index (χ1n) is 7.74. The smallest absolute Gasteiger partial charge is 0.213 e. The van der Waals surface area contributed by atoms with Gasteiger partial charge in [-0.25, -0.2) is 4.98 Å². The highest BCUT2D eigenvalue weighted by Gasteiger charge is 2.05. The van der Waals surface area contributed by atoms with E-state index in [0.29, 0.717) is 24.9 Å². The Labute approximate surface area is 166 Å². The maximum Gasteiger partial charge on any atom is 0.213 e. The number of aromatic nitrogens is 1. The Morgan fingerprint density at radius 1 is 1.08 bits per heavy atom. The number of pyridine rings is 1. The quantitative estimate of drug-likeness (QED) is 0.398. The van der Waals surface area contributed by atoms with Crippen LogP contribution in [0.1, 0.15) is 16.8 Å². The maximum atomic E-state index is 5.42. The van der Waals surface area contributed by atoms with Crippen LogP contribution in [0.5, 0.6) is 11.6 Å². The molecule has 0 spiro atoms. The van der Waals surface area contributed by atoms with Gasteiger partial charge in [-0.2, -0.15) is 0 Å². The summed E-state index contributed by atoms with van der Waals surface area (Å²) in [6.07, 6.45) is 0. The summed E-state index contributed by atoms with van der Waals surface area (Å²) in [5.74, 6) is 2.16. The Balaban J connectivity index is 0.00000312. The van der Waals surface area contributed by atoms with Crippen LogP contribution in [0, 0.1) is 6.92 Å². The second-order valence-electron chi connectivity index (χ2n) is 5.27. The molecule has 0 aliphatic heterocycles. The number of aliphatic imine (C=N–C) groups is 1. The highest BCUT2D eigenvalue weighted by molar-refractivity contribution is 14.0. The third kappa shape index (κ3) is 6.41. The summed E-state index contributed by atoms with van der Waals surface area (Å²) in [6, 6.07) is 11.8. The molecule has 0 radical (unpaired) electrons. The number of hydrogen-bond donors (Lipinski definition) is 2. The van der Waals surface area contributed by atoms with E-state index in [9.17, 15) is 0 Å². The zero-order valence-electron chi connectivity index (χ0n) is 15.0. The molecule has 1 heterocycles. The van der Waals surface area contributed by atoms with Gasteiger partial charge in [0.15, 0.2) is 5.96 Å². The number of halogens is 1. The van der Waals surface area contributed by atoms with Gasteiger partial charge in [0, 0.05) is 25.2 Å². The van der Waals surface area contributed by atoms with Crippen molar-refractivity contribution in [1.29, 1.82) is 0 Å². The average molecular weight is 456 g/mol. The molecule has 0 amide bonds. The second-order valence-corrected chi connectivity index (χ2v) is 5.27. The van der Waals surface area contributed by atoms with E-state index in [-0.39, 0.29) is 24.0 Å². The average Bonchev–Trinajstić information content (AvgIpc) is 2.62. The molecule has 0 bridgehead atoms. The lowest BCUT2D eigenvalue weighted by Gasteiger charge is -2.14. The second kappa shape index (κ2) is 10.8. The first kappa shape index (κ1) is 21.0. The van der Waals surface area contributed by atoms with Crippen LogP contribution in [-0.4, -0.2) is 32.2 Å². The van der Waals surface area contributed by atoms with Gasteiger partial charge < -0.3 is 20.1 Å². The molecular formula is C18H25IN4O2. The van der Waals surface area contributed by atoms with Crippen LogP contribution in [0.15, 0.2) is 41.4 Å². The number of ether oxygens (including phenoxy) is 2. The van der Waals surface area contributed by atoms with Gasteiger partial charge in [0.1, 0.15) is 5.75 Å². The summed E-state index contributed by atoms with van der Waals surface area (Å²) >= 11 is 0. The first-order valence-corrected chi connectivity index (χ1v) is 7.74. The summed E-state index contributed by atoms with van der Waals surface area (Å²) in [5.41, 5.74) is 3.12. The monoisotopic (exact) mass is 456 g/mol. The number of nitrogens with one attached hydrogen (secondary N) is 2. The third-order valence-electron chi connectivity index (χ3n) is 3.54. The minimum atomic E-state index is 0. The molecule has 0 atom stereocenters. The summed E-state index contributed by atoms with van der Waals surface area (Å²) in [6.45, 7) is 3.22. The lowest BCUT2D eigenvalue weighted by Crippen LogP contribution is -2.36. The minimum absolute atomic E-state index is 0. The molecule has 0 unspecified atom stereocenters. The van der Waals surface area contributed by atoms with Crippen molar-refractivity contribution in [3.8, 4) is 11.6 Å². The van der Waals surface area contributed by atoms with Gasteiger partial charge >= 0.3 is 0 Å². The Morgan fingerprint density at radius 2 is 1.84 bits per heavy atom. The number of benzene rings is 1. The standard InChI is InChI=1S/C18H24N4O2.HI/c1-13-8-9-14(16(10-13)23-3)11-20-18(19-2)21-12-15-6-5-7-17(22-15)24-4;/h5-10H,11-12H2,1-4H3,(H2,19,20,21);1H. The Bertz CT molecular complexity index is 707. The summed E-state index contributed by atoms with van der Waals surface area (Å²) < 4.78 is 10.6. The fourth-order valence-corrected chi connectivity index (χ4v) is 2.24. The molecule has 0 aliphatic rings. The van der Waals surface area contributed by atoms with Gasteiger partial charge in [0.25, 0.3) is 0 Å². The minimum Gasteiger partial charge on any atom is -0.496 e. The number of guanidine groups is 1. The predicted molar refractivity (Wildman–Crippen MR) is 111 cm³/mol. The van der Waals surface area contributed by atoms with Crippen molar-refractivity contribution < 1.29 is 9.47 Å². The van der Waals surface area contributed by atoms with Crippen molar-refractivity contribution in [3.63, 3.8) is 0 Å². The summed E-state index contributed by atoms with van der Waals surface area (Å²) in [5, 5.41) is 6.51. The van der Waals surface area contributed by atoms with Gasteiger partial charge in [-0.3, -0.25) is 4.99 Å². The van der Waals surface area contributed by atoms with Crippen molar-refractivity contribution in [1.82, 2.24) is 15.6 Å². The van der Waals surface area contributed by atoms with E-state index in [2.05, 4.69) is 32.7 Å². The number of hydrogen-bond acceptors (Lipinski definition) is 4. The molecule has 2 rings (SSSR count). The Kier molecular flexibility index (Phi) is 9.04. The van der Waals surface area contributed by atoms with E-state index in [1.165, 1.54) is 5.56 Å². The van der Waals surface area contributed by atoms with Gasteiger partial charge in [-0.05, 0) is 24.6 Å². The first-order chi connectivity index (χ1) is 11.7. The van der Waals surface area contributed by atoms with Crippen LogP contribution in [0.2, 0.25) is 0 Å². The Morgan fingerprint density at radius 3 is 2.52 bits per heavy atom. The lowest BCUT2D eigenvalue weighted by molar-refractivity contribution is 0.396. The third-order valence-corrected chi connectivity index (χ3v) is 3.54. The van der Waals surface area contributed by atoms with Gasteiger partial charge in [-0.1, -0.05) is 18.2 Å². The van der Waals surface area contributed by atoms with E-state index >= 15 is 0 Å². The highest BCUT2D eigenvalue weighted by Crippen LogP contribution is 2.19. The van der Waals surface area contributed by atoms with Crippen LogP contribution >= 0.6 is 24.0 Å². The molecule has 1 aromatic heterocycles. The molecule has 0 saturated carbocycles. The number of aryl methyl sites for hydroxylation is 1. The zero-order valence-corrected chi connectivity index (χ0v) is 17.3. The Hall–Kier alpha value is -2.03. The van der Waals surface area contributed by atoms with Crippen molar-refractivity contribution in [2.24, 2.45) is 4.99 Å². The molecule has 136 valence electrons. The maximum absolute atomic E-state index is 5.42. The molecule has 0 saturated heterocycles. The van der Waals surface area contributed by atoms with Gasteiger partial charge in [-0.15, -0.1) is 24.0 Å². The van der Waals surface area contributed by atoms with Crippen LogP contribution < -0.4 is 20.1 Å². The van der Waals surface area contributed by atoms with Crippen LogP contribution in [0.25, 0.3) is 0 Å². The fourth-order valence-electron chi connectivity index (χ4n) is 2.24. The topological polar surface area (TPSA) is 67.8 Å². The number of nitrogens with zero attached hydrogens (tertiary/aromatic N) is 2. The van der Waals surface area contributed by atoms with Crippen LogP contribution in [0.3, 0.4) is 0 Å². The zero-order chi connectivity index (χ0) is 17.4. The van der Waals surface area contributed by atoms with Crippen molar-refractivity contribution in [3.05, 3.63) is 53.2 Å². The molecule has 25 heavy (non-hydrogen) atoms. The largest absolute Gasteiger partial charge is 0.496 e. The number of rotatable bonds is 6. The van der Waals surface area contributed by atoms with Crippen molar-refractivity contribution in [2.75, 3.05) is 21.3 Å². The van der Waals surface area contributed by atoms with Crippen molar-refractivity contribution >= 4 is 29.9 Å². The molecule has 1 aromatic carbocycles. The SMILES string of the molecule is CN=C(NCc1cccc(OC)n1)NCc1ccc(C)cc1OC.I. The molecular weight excluding hydrogens is 431 g/mol. The molecule has 6 nitrogen and oxygen atoms in total. The fraction of sp³-hybridized carbons (Fsp3) is 0.333. The number of methoxy groups -OCH3 is 2. The summed E-state index contributed by atoms with van der Waals surface area (Å²) in [7, 11) is 5.02. The van der Waals surface area contributed by atoms with E-state index in [1.54, 1.807) is 21.3 Å². The molecule has 0 aliphatic carbocycles.